The van der Waals surface area contributed by atoms with Crippen molar-refractivity contribution in [2.45, 2.75) is 38.8 Å². The lowest BCUT2D eigenvalue weighted by atomic mass is 9.98. The Morgan fingerprint density at radius 3 is 2.63 bits per heavy atom. The molecular formula is C28H35N3O4. The molecule has 35 heavy (non-hydrogen) atoms. The number of benzene rings is 2. The third-order valence-electron chi connectivity index (χ3n) is 7.55. The standard InChI is InChI=1S/C28H35N3O4/c1-20-8-12-30(13-9-20)27(33)22-6-7-25-26(16-22)35-15-14-31(28(25)34)19-24(32)18-29-11-10-21-4-2-3-5-23(21)17-29/h2-7,16,20,24,32H,8-15,17-19H2,1H3/t24-/m1/s1. The summed E-state index contributed by atoms with van der Waals surface area (Å²) in [5.74, 6) is 0.941. The van der Waals surface area contributed by atoms with E-state index in [-0.39, 0.29) is 18.4 Å². The van der Waals surface area contributed by atoms with Gasteiger partial charge in [-0.25, -0.2) is 0 Å². The molecule has 1 fully saturated rings. The van der Waals surface area contributed by atoms with Crippen LogP contribution in [0.4, 0.5) is 0 Å². The first-order valence-corrected chi connectivity index (χ1v) is 12.8. The Morgan fingerprint density at radius 1 is 1.06 bits per heavy atom. The fraction of sp³-hybridized carbons (Fsp3) is 0.500. The highest BCUT2D eigenvalue weighted by Crippen LogP contribution is 2.27. The molecule has 0 unspecified atom stereocenters. The Kier molecular flexibility index (Phi) is 7.07. The Labute approximate surface area is 207 Å². The van der Waals surface area contributed by atoms with Crippen molar-refractivity contribution in [2.24, 2.45) is 5.92 Å². The van der Waals surface area contributed by atoms with Gasteiger partial charge in [0.25, 0.3) is 11.8 Å². The molecule has 3 aliphatic heterocycles. The van der Waals surface area contributed by atoms with Crippen molar-refractivity contribution in [1.29, 1.82) is 0 Å². The summed E-state index contributed by atoms with van der Waals surface area (Å²) in [6, 6.07) is 13.6. The summed E-state index contributed by atoms with van der Waals surface area (Å²) in [6.45, 7) is 7.00. The van der Waals surface area contributed by atoms with Gasteiger partial charge in [-0.2, -0.15) is 0 Å². The van der Waals surface area contributed by atoms with Crippen molar-refractivity contribution in [2.75, 3.05) is 45.9 Å². The number of rotatable bonds is 5. The maximum absolute atomic E-state index is 13.3. The van der Waals surface area contributed by atoms with Crippen LogP contribution < -0.4 is 4.74 Å². The molecule has 5 rings (SSSR count). The molecule has 0 aromatic heterocycles. The normalized spacial score (nSPS) is 20.0. The number of likely N-dealkylation sites (tertiary alicyclic amines) is 1. The molecule has 1 N–H and O–H groups in total. The first-order chi connectivity index (χ1) is 17.0. The van der Waals surface area contributed by atoms with Crippen LogP contribution in [-0.4, -0.2) is 83.6 Å². The second kappa shape index (κ2) is 10.4. The molecule has 0 radical (unpaired) electrons. The van der Waals surface area contributed by atoms with Crippen LogP contribution in [0.3, 0.4) is 0 Å². The average Bonchev–Trinajstić information content (AvgIpc) is 3.02. The van der Waals surface area contributed by atoms with E-state index < -0.39 is 6.10 Å². The van der Waals surface area contributed by atoms with Gasteiger partial charge in [0, 0.05) is 44.8 Å². The van der Waals surface area contributed by atoms with E-state index in [2.05, 4.69) is 36.1 Å². The highest BCUT2D eigenvalue weighted by atomic mass is 16.5. The molecule has 2 aromatic carbocycles. The number of aliphatic hydroxyl groups is 1. The number of piperidine rings is 1. The Bertz CT molecular complexity index is 1080. The van der Waals surface area contributed by atoms with Crippen molar-refractivity contribution >= 4 is 11.8 Å². The van der Waals surface area contributed by atoms with Gasteiger partial charge >= 0.3 is 0 Å². The molecule has 0 spiro atoms. The minimum absolute atomic E-state index is 0.00428. The Hall–Kier alpha value is -2.90. The second-order valence-corrected chi connectivity index (χ2v) is 10.2. The smallest absolute Gasteiger partial charge is 0.257 e. The molecule has 0 bridgehead atoms. The summed E-state index contributed by atoms with van der Waals surface area (Å²) >= 11 is 0. The molecule has 0 saturated carbocycles. The topological polar surface area (TPSA) is 73.3 Å². The fourth-order valence-electron chi connectivity index (χ4n) is 5.38. The molecule has 2 aromatic rings. The van der Waals surface area contributed by atoms with Gasteiger partial charge in [0.1, 0.15) is 12.4 Å². The van der Waals surface area contributed by atoms with E-state index in [4.69, 9.17) is 4.74 Å². The van der Waals surface area contributed by atoms with Crippen molar-refractivity contribution in [1.82, 2.24) is 14.7 Å². The van der Waals surface area contributed by atoms with E-state index in [0.29, 0.717) is 42.5 Å². The van der Waals surface area contributed by atoms with Crippen LogP contribution in [0.25, 0.3) is 0 Å². The molecule has 3 heterocycles. The number of amides is 2. The van der Waals surface area contributed by atoms with E-state index in [1.807, 2.05) is 4.90 Å². The number of hydrogen-bond acceptors (Lipinski definition) is 5. The van der Waals surface area contributed by atoms with Gasteiger partial charge in [-0.1, -0.05) is 31.2 Å². The molecule has 2 amide bonds. The summed E-state index contributed by atoms with van der Waals surface area (Å²) in [5, 5.41) is 10.8. The van der Waals surface area contributed by atoms with Gasteiger partial charge < -0.3 is 19.6 Å². The molecule has 7 heteroatoms. The largest absolute Gasteiger partial charge is 0.491 e. The van der Waals surface area contributed by atoms with E-state index in [1.165, 1.54) is 11.1 Å². The molecule has 0 aliphatic carbocycles. The second-order valence-electron chi connectivity index (χ2n) is 10.2. The van der Waals surface area contributed by atoms with Crippen molar-refractivity contribution in [3.8, 4) is 5.75 Å². The zero-order valence-corrected chi connectivity index (χ0v) is 20.5. The first kappa shape index (κ1) is 23.8. The van der Waals surface area contributed by atoms with E-state index in [1.54, 1.807) is 23.1 Å². The van der Waals surface area contributed by atoms with Crippen molar-refractivity contribution < 1.29 is 19.4 Å². The molecule has 1 atom stereocenters. The van der Waals surface area contributed by atoms with Crippen LogP contribution in [-0.2, 0) is 13.0 Å². The Balaban J connectivity index is 1.21. The summed E-state index contributed by atoms with van der Waals surface area (Å²) in [4.78, 5) is 32.1. The average molecular weight is 478 g/mol. The summed E-state index contributed by atoms with van der Waals surface area (Å²) in [6.07, 6.45) is 2.37. The molecule has 1 saturated heterocycles. The molecular weight excluding hydrogens is 442 g/mol. The highest BCUT2D eigenvalue weighted by molar-refractivity contribution is 6.00. The number of fused-ring (bicyclic) bond motifs is 2. The van der Waals surface area contributed by atoms with E-state index >= 15 is 0 Å². The van der Waals surface area contributed by atoms with Gasteiger partial charge in [-0.3, -0.25) is 14.5 Å². The summed E-state index contributed by atoms with van der Waals surface area (Å²) in [5.41, 5.74) is 3.70. The van der Waals surface area contributed by atoms with Crippen LogP contribution in [0.1, 0.15) is 51.6 Å². The van der Waals surface area contributed by atoms with Crippen LogP contribution in [0.15, 0.2) is 42.5 Å². The number of nitrogens with zero attached hydrogens (tertiary/aromatic N) is 3. The predicted molar refractivity (Wildman–Crippen MR) is 134 cm³/mol. The third kappa shape index (κ3) is 5.36. The molecule has 7 nitrogen and oxygen atoms in total. The van der Waals surface area contributed by atoms with Crippen molar-refractivity contribution in [3.63, 3.8) is 0 Å². The minimum atomic E-state index is -0.645. The number of carbonyl (C=O) groups excluding carboxylic acids is 2. The number of ether oxygens (including phenoxy) is 1. The third-order valence-corrected chi connectivity index (χ3v) is 7.55. The lowest BCUT2D eigenvalue weighted by Crippen LogP contribution is -2.44. The fourth-order valence-corrected chi connectivity index (χ4v) is 5.38. The minimum Gasteiger partial charge on any atom is -0.491 e. The zero-order chi connectivity index (χ0) is 24.4. The molecule has 3 aliphatic rings. The van der Waals surface area contributed by atoms with Crippen LogP contribution >= 0.6 is 0 Å². The summed E-state index contributed by atoms with van der Waals surface area (Å²) in [7, 11) is 0. The number of β-amino-alcohol motifs (C(OH)–C–C–N with tert-alkyl or cyclic N) is 1. The maximum Gasteiger partial charge on any atom is 0.257 e. The lowest BCUT2D eigenvalue weighted by Gasteiger charge is -2.32. The van der Waals surface area contributed by atoms with Gasteiger partial charge in [-0.15, -0.1) is 0 Å². The summed E-state index contributed by atoms with van der Waals surface area (Å²) < 4.78 is 5.89. The first-order valence-electron chi connectivity index (χ1n) is 12.8. The number of hydrogen-bond donors (Lipinski definition) is 1. The number of carbonyl (C=O) groups is 2. The van der Waals surface area contributed by atoms with E-state index in [9.17, 15) is 14.7 Å². The highest BCUT2D eigenvalue weighted by Gasteiger charge is 2.28. The Morgan fingerprint density at radius 2 is 1.83 bits per heavy atom. The van der Waals surface area contributed by atoms with Crippen molar-refractivity contribution in [3.05, 3.63) is 64.7 Å². The van der Waals surface area contributed by atoms with Crippen LogP contribution in [0, 0.1) is 5.92 Å². The van der Waals surface area contributed by atoms with Gasteiger partial charge in [0.15, 0.2) is 0 Å². The van der Waals surface area contributed by atoms with Crippen LogP contribution in [0.2, 0.25) is 0 Å². The quantitative estimate of drug-likeness (QED) is 0.717. The lowest BCUT2D eigenvalue weighted by molar-refractivity contribution is 0.0501. The number of aliphatic hydroxyl groups excluding tert-OH is 1. The SMILES string of the molecule is CC1CCN(C(=O)c2ccc3c(c2)OCCN(C[C@H](O)CN2CCc4ccccc4C2)C3=O)CC1. The zero-order valence-electron chi connectivity index (χ0n) is 20.5. The van der Waals surface area contributed by atoms with Gasteiger partial charge in [0.2, 0.25) is 0 Å². The van der Waals surface area contributed by atoms with E-state index in [0.717, 1.165) is 45.4 Å². The monoisotopic (exact) mass is 477 g/mol. The van der Waals surface area contributed by atoms with Gasteiger partial charge in [-0.05, 0) is 54.5 Å². The molecule has 186 valence electrons. The van der Waals surface area contributed by atoms with Crippen LogP contribution in [0.5, 0.6) is 5.75 Å². The maximum atomic E-state index is 13.3. The predicted octanol–water partition coefficient (Wildman–Crippen LogP) is 2.81. The van der Waals surface area contributed by atoms with Gasteiger partial charge in [0.05, 0.1) is 18.2 Å².